The number of aliphatic carboxylic acids is 1. The van der Waals surface area contributed by atoms with Gasteiger partial charge in [0.1, 0.15) is 11.5 Å². The van der Waals surface area contributed by atoms with E-state index in [-0.39, 0.29) is 13.0 Å². The van der Waals surface area contributed by atoms with Gasteiger partial charge < -0.3 is 15.6 Å². The van der Waals surface area contributed by atoms with Gasteiger partial charge in [-0.2, -0.15) is 4.80 Å². The summed E-state index contributed by atoms with van der Waals surface area (Å²) in [6, 6.07) is 16.2. The maximum absolute atomic E-state index is 10.7. The third-order valence-electron chi connectivity index (χ3n) is 3.36. The van der Waals surface area contributed by atoms with Crippen LogP contribution >= 0.6 is 0 Å². The lowest BCUT2D eigenvalue weighted by Crippen LogP contribution is -2.30. The van der Waals surface area contributed by atoms with Crippen LogP contribution in [0.5, 0.6) is 11.5 Å². The molecule has 0 spiro atoms. The number of benzene rings is 2. The summed E-state index contributed by atoms with van der Waals surface area (Å²) in [5.41, 5.74) is 6.48. The van der Waals surface area contributed by atoms with Crippen molar-refractivity contribution in [3.05, 3.63) is 54.6 Å². The number of para-hydroxylation sites is 1. The molecule has 1 atom stereocenters. The highest BCUT2D eigenvalue weighted by molar-refractivity contribution is 5.67. The molecule has 2 aromatic carbocycles. The van der Waals surface area contributed by atoms with Gasteiger partial charge in [0, 0.05) is 11.6 Å². The van der Waals surface area contributed by atoms with Crippen LogP contribution in [0.15, 0.2) is 54.6 Å². The first-order valence-corrected chi connectivity index (χ1v) is 7.68. The van der Waals surface area contributed by atoms with Gasteiger partial charge in [0.25, 0.3) is 0 Å². The molecule has 0 radical (unpaired) electrons. The van der Waals surface area contributed by atoms with E-state index in [0.29, 0.717) is 11.6 Å². The number of aromatic nitrogens is 4. The Morgan fingerprint density at radius 3 is 2.68 bits per heavy atom. The second-order valence-electron chi connectivity index (χ2n) is 5.47. The Morgan fingerprint density at radius 2 is 1.92 bits per heavy atom. The lowest BCUT2D eigenvalue weighted by atomic mass is 10.2. The SMILES string of the molecule is NC(CC(=O)O)Cn1nnc(-c2cccc(Oc3ccccc3)c2)n1. The molecule has 3 rings (SSSR count). The van der Waals surface area contributed by atoms with Crippen LogP contribution in [0, 0.1) is 0 Å². The predicted octanol–water partition coefficient (Wildman–Crippen LogP) is 1.93. The highest BCUT2D eigenvalue weighted by atomic mass is 16.5. The quantitative estimate of drug-likeness (QED) is 0.675. The van der Waals surface area contributed by atoms with Gasteiger partial charge in [-0.3, -0.25) is 4.79 Å². The van der Waals surface area contributed by atoms with Gasteiger partial charge in [0.05, 0.1) is 13.0 Å². The molecule has 8 nitrogen and oxygen atoms in total. The van der Waals surface area contributed by atoms with E-state index < -0.39 is 12.0 Å². The molecule has 0 aliphatic heterocycles. The monoisotopic (exact) mass is 339 g/mol. The zero-order valence-electron chi connectivity index (χ0n) is 13.3. The van der Waals surface area contributed by atoms with Crippen LogP contribution < -0.4 is 10.5 Å². The van der Waals surface area contributed by atoms with Crippen molar-refractivity contribution in [2.75, 3.05) is 0 Å². The average Bonchev–Trinajstić information content (AvgIpc) is 3.03. The zero-order chi connectivity index (χ0) is 17.6. The molecule has 1 unspecified atom stereocenters. The van der Waals surface area contributed by atoms with E-state index in [1.54, 1.807) is 0 Å². The Hall–Kier alpha value is -3.26. The van der Waals surface area contributed by atoms with E-state index in [1.165, 1.54) is 4.80 Å². The lowest BCUT2D eigenvalue weighted by molar-refractivity contribution is -0.137. The molecule has 0 saturated carbocycles. The van der Waals surface area contributed by atoms with E-state index in [0.717, 1.165) is 11.3 Å². The Morgan fingerprint density at radius 1 is 1.16 bits per heavy atom. The van der Waals surface area contributed by atoms with Gasteiger partial charge >= 0.3 is 5.97 Å². The largest absolute Gasteiger partial charge is 0.481 e. The summed E-state index contributed by atoms with van der Waals surface area (Å²) >= 11 is 0. The Labute approximate surface area is 143 Å². The number of hydrogen-bond donors (Lipinski definition) is 2. The van der Waals surface area contributed by atoms with Gasteiger partial charge in [-0.05, 0) is 29.5 Å². The number of tetrazole rings is 1. The molecule has 0 aliphatic rings. The molecule has 0 bridgehead atoms. The minimum Gasteiger partial charge on any atom is -0.481 e. The first-order valence-electron chi connectivity index (χ1n) is 7.68. The molecule has 3 aromatic rings. The number of rotatable bonds is 7. The molecule has 1 heterocycles. The second-order valence-corrected chi connectivity index (χ2v) is 5.47. The maximum atomic E-state index is 10.7. The third kappa shape index (κ3) is 4.61. The van der Waals surface area contributed by atoms with Gasteiger partial charge in [-0.15, -0.1) is 10.2 Å². The van der Waals surface area contributed by atoms with Crippen molar-refractivity contribution in [2.24, 2.45) is 5.73 Å². The van der Waals surface area contributed by atoms with Crippen LogP contribution in [-0.4, -0.2) is 37.3 Å². The molecule has 0 amide bonds. The fourth-order valence-corrected chi connectivity index (χ4v) is 2.26. The van der Waals surface area contributed by atoms with Crippen molar-refractivity contribution in [3.63, 3.8) is 0 Å². The molecular weight excluding hydrogens is 322 g/mol. The summed E-state index contributed by atoms with van der Waals surface area (Å²) in [5.74, 6) is 0.846. The number of nitrogens with zero attached hydrogens (tertiary/aromatic N) is 4. The molecule has 0 aliphatic carbocycles. The molecular formula is C17H17N5O3. The van der Waals surface area contributed by atoms with Crippen molar-refractivity contribution in [1.29, 1.82) is 0 Å². The molecule has 1 aromatic heterocycles. The molecule has 0 fully saturated rings. The summed E-state index contributed by atoms with van der Waals surface area (Å²) in [5, 5.41) is 20.9. The van der Waals surface area contributed by atoms with Crippen molar-refractivity contribution >= 4 is 5.97 Å². The number of nitrogens with two attached hydrogens (primary N) is 1. The van der Waals surface area contributed by atoms with Crippen molar-refractivity contribution in [3.8, 4) is 22.9 Å². The van der Waals surface area contributed by atoms with Crippen LogP contribution in [0.25, 0.3) is 11.4 Å². The van der Waals surface area contributed by atoms with Gasteiger partial charge in [0.15, 0.2) is 0 Å². The Bertz CT molecular complexity index is 850. The Balaban J connectivity index is 1.72. The van der Waals surface area contributed by atoms with E-state index in [1.807, 2.05) is 54.6 Å². The highest BCUT2D eigenvalue weighted by Crippen LogP contribution is 2.25. The van der Waals surface area contributed by atoms with Gasteiger partial charge in [-0.1, -0.05) is 30.3 Å². The summed E-state index contributed by atoms with van der Waals surface area (Å²) in [6.45, 7) is 0.180. The molecule has 8 heteroatoms. The molecule has 25 heavy (non-hydrogen) atoms. The molecule has 0 saturated heterocycles. The second kappa shape index (κ2) is 7.54. The summed E-state index contributed by atoms with van der Waals surface area (Å²) in [7, 11) is 0. The van der Waals surface area contributed by atoms with Crippen LogP contribution in [0.3, 0.4) is 0 Å². The normalized spacial score (nSPS) is 11.9. The maximum Gasteiger partial charge on any atom is 0.304 e. The van der Waals surface area contributed by atoms with Crippen molar-refractivity contribution < 1.29 is 14.6 Å². The fraction of sp³-hybridized carbons (Fsp3) is 0.176. The van der Waals surface area contributed by atoms with Crippen molar-refractivity contribution in [2.45, 2.75) is 19.0 Å². The van der Waals surface area contributed by atoms with E-state index in [2.05, 4.69) is 15.4 Å². The number of carboxylic acids is 1. The Kier molecular flexibility index (Phi) is 5.00. The van der Waals surface area contributed by atoms with Gasteiger partial charge in [-0.25, -0.2) is 0 Å². The lowest BCUT2D eigenvalue weighted by Gasteiger charge is -2.07. The van der Waals surface area contributed by atoms with E-state index in [4.69, 9.17) is 15.6 Å². The van der Waals surface area contributed by atoms with Gasteiger partial charge in [0.2, 0.25) is 5.82 Å². The van der Waals surface area contributed by atoms with Crippen LogP contribution in [-0.2, 0) is 11.3 Å². The van der Waals surface area contributed by atoms with Crippen LogP contribution in [0.1, 0.15) is 6.42 Å². The molecule has 128 valence electrons. The first-order chi connectivity index (χ1) is 12.1. The summed E-state index contributed by atoms with van der Waals surface area (Å²) < 4.78 is 5.79. The van der Waals surface area contributed by atoms with Crippen LogP contribution in [0.4, 0.5) is 0 Å². The topological polar surface area (TPSA) is 116 Å². The number of hydrogen-bond acceptors (Lipinski definition) is 6. The summed E-state index contributed by atoms with van der Waals surface area (Å²) in [4.78, 5) is 12.0. The fourth-order valence-electron chi connectivity index (χ4n) is 2.26. The smallest absolute Gasteiger partial charge is 0.304 e. The highest BCUT2D eigenvalue weighted by Gasteiger charge is 2.12. The number of ether oxygens (including phenoxy) is 1. The van der Waals surface area contributed by atoms with Crippen molar-refractivity contribution in [1.82, 2.24) is 20.2 Å². The minimum absolute atomic E-state index is 0.155. The minimum atomic E-state index is -0.960. The van der Waals surface area contributed by atoms with E-state index >= 15 is 0 Å². The third-order valence-corrected chi connectivity index (χ3v) is 3.36. The van der Waals surface area contributed by atoms with E-state index in [9.17, 15) is 4.79 Å². The first kappa shape index (κ1) is 16.6. The number of carbonyl (C=O) groups is 1. The standard InChI is InChI=1S/C17H17N5O3/c18-13(10-16(23)24)11-22-20-17(19-21-22)12-5-4-8-15(9-12)25-14-6-2-1-3-7-14/h1-9,13H,10-11,18H2,(H,23,24). The van der Waals surface area contributed by atoms with Crippen LogP contribution in [0.2, 0.25) is 0 Å². The number of carboxylic acid groups (broad SMARTS) is 1. The predicted molar refractivity (Wildman–Crippen MR) is 90.0 cm³/mol. The summed E-state index contributed by atoms with van der Waals surface area (Å²) in [6.07, 6.45) is -0.155. The zero-order valence-corrected chi connectivity index (χ0v) is 13.3. The average molecular weight is 339 g/mol. The molecule has 3 N–H and O–H groups in total.